The molecule has 0 spiro atoms. The van der Waals surface area contributed by atoms with Gasteiger partial charge in [0.15, 0.2) is 0 Å². The van der Waals surface area contributed by atoms with E-state index >= 15 is 0 Å². The maximum absolute atomic E-state index is 11.0. The molecule has 0 aromatic heterocycles. The highest BCUT2D eigenvalue weighted by Gasteiger charge is 2.06. The number of aliphatic imine (C=N–C) groups is 1. The number of benzene rings is 2. The zero-order valence-electron chi connectivity index (χ0n) is 11.1. The molecule has 1 amide bonds. The number of phenols is 1. The van der Waals surface area contributed by atoms with Crippen LogP contribution in [0.2, 0.25) is 10.0 Å². The Labute approximate surface area is 132 Å². The van der Waals surface area contributed by atoms with E-state index in [4.69, 9.17) is 23.2 Å². The number of hydrogen-bond donors (Lipinski definition) is 2. The van der Waals surface area contributed by atoms with Gasteiger partial charge in [0.25, 0.3) is 0 Å². The number of aromatic hydroxyl groups is 1. The Balaban J connectivity index is 2.27. The fourth-order valence-electron chi connectivity index (χ4n) is 1.70. The Morgan fingerprint density at radius 2 is 2.05 bits per heavy atom. The van der Waals surface area contributed by atoms with Crippen LogP contribution in [-0.4, -0.2) is 17.2 Å². The lowest BCUT2D eigenvalue weighted by molar-refractivity contribution is -0.114. The normalized spacial score (nSPS) is 10.8. The van der Waals surface area contributed by atoms with Crippen molar-refractivity contribution in [3.63, 3.8) is 0 Å². The summed E-state index contributed by atoms with van der Waals surface area (Å²) in [5.74, 6) is -0.238. The Morgan fingerprint density at radius 1 is 1.29 bits per heavy atom. The average molecular weight is 323 g/mol. The van der Waals surface area contributed by atoms with Crippen LogP contribution < -0.4 is 5.32 Å². The number of anilines is 1. The monoisotopic (exact) mass is 322 g/mol. The quantitative estimate of drug-likeness (QED) is 0.822. The standard InChI is InChI=1S/C15H12Cl2N2O2/c1-9(20)19-13-4-2-3-12(7-13)18-8-10-5-11(16)6-14(17)15(10)21/h2-8,21H,1H3,(H,19,20). The van der Waals surface area contributed by atoms with Crippen LogP contribution in [0.5, 0.6) is 5.75 Å². The van der Waals surface area contributed by atoms with Crippen molar-refractivity contribution in [2.45, 2.75) is 6.92 Å². The van der Waals surface area contributed by atoms with Crippen LogP contribution >= 0.6 is 23.2 Å². The second-order valence-electron chi connectivity index (χ2n) is 4.32. The summed E-state index contributed by atoms with van der Waals surface area (Å²) < 4.78 is 0. The SMILES string of the molecule is CC(=O)Nc1cccc(N=Cc2cc(Cl)cc(Cl)c2O)c1. The van der Waals surface area contributed by atoms with Crippen LogP contribution in [0.15, 0.2) is 41.4 Å². The third-order valence-electron chi connectivity index (χ3n) is 2.58. The predicted octanol–water partition coefficient (Wildman–Crippen LogP) is 4.41. The van der Waals surface area contributed by atoms with Gasteiger partial charge in [-0.25, -0.2) is 0 Å². The highest BCUT2D eigenvalue weighted by Crippen LogP contribution is 2.30. The summed E-state index contributed by atoms with van der Waals surface area (Å²) in [6.07, 6.45) is 1.46. The molecule has 0 saturated carbocycles. The van der Waals surface area contributed by atoms with Crippen molar-refractivity contribution in [2.24, 2.45) is 4.99 Å². The van der Waals surface area contributed by atoms with Gasteiger partial charge in [-0.2, -0.15) is 0 Å². The van der Waals surface area contributed by atoms with Crippen LogP contribution in [0.3, 0.4) is 0 Å². The number of halogens is 2. The van der Waals surface area contributed by atoms with Gasteiger partial charge in [-0.05, 0) is 30.3 Å². The summed E-state index contributed by atoms with van der Waals surface area (Å²) in [6, 6.07) is 10.0. The van der Waals surface area contributed by atoms with Crippen molar-refractivity contribution in [3.05, 3.63) is 52.0 Å². The molecule has 0 bridgehead atoms. The van der Waals surface area contributed by atoms with E-state index in [0.29, 0.717) is 22.0 Å². The smallest absolute Gasteiger partial charge is 0.221 e. The molecule has 0 aliphatic carbocycles. The molecule has 0 saturated heterocycles. The molecule has 0 aliphatic rings. The highest BCUT2D eigenvalue weighted by molar-refractivity contribution is 6.36. The number of nitrogens with one attached hydrogen (secondary N) is 1. The van der Waals surface area contributed by atoms with E-state index in [1.54, 1.807) is 30.3 Å². The van der Waals surface area contributed by atoms with Crippen molar-refractivity contribution in [1.82, 2.24) is 0 Å². The van der Waals surface area contributed by atoms with E-state index in [9.17, 15) is 9.90 Å². The molecule has 0 heterocycles. The molecule has 0 unspecified atom stereocenters. The first-order valence-corrected chi connectivity index (χ1v) is 6.81. The molecule has 0 radical (unpaired) electrons. The van der Waals surface area contributed by atoms with E-state index in [-0.39, 0.29) is 16.7 Å². The van der Waals surface area contributed by atoms with Gasteiger partial charge in [0.1, 0.15) is 5.75 Å². The Morgan fingerprint density at radius 3 is 2.76 bits per heavy atom. The fourth-order valence-corrected chi connectivity index (χ4v) is 2.20. The number of rotatable bonds is 3. The van der Waals surface area contributed by atoms with Crippen LogP contribution in [-0.2, 0) is 4.79 Å². The molecule has 2 N–H and O–H groups in total. The second-order valence-corrected chi connectivity index (χ2v) is 5.16. The molecule has 0 atom stereocenters. The third kappa shape index (κ3) is 4.21. The van der Waals surface area contributed by atoms with E-state index in [0.717, 1.165) is 0 Å². The van der Waals surface area contributed by atoms with E-state index in [2.05, 4.69) is 10.3 Å². The van der Waals surface area contributed by atoms with Crippen molar-refractivity contribution in [3.8, 4) is 5.75 Å². The molecule has 6 heteroatoms. The highest BCUT2D eigenvalue weighted by atomic mass is 35.5. The maximum atomic E-state index is 11.0. The van der Waals surface area contributed by atoms with Crippen molar-refractivity contribution < 1.29 is 9.90 Å². The number of hydrogen-bond acceptors (Lipinski definition) is 3. The second kappa shape index (κ2) is 6.61. The lowest BCUT2D eigenvalue weighted by atomic mass is 10.2. The summed E-state index contributed by atoms with van der Waals surface area (Å²) in [4.78, 5) is 15.2. The first-order valence-electron chi connectivity index (χ1n) is 6.05. The first kappa shape index (κ1) is 15.4. The summed E-state index contributed by atoms with van der Waals surface area (Å²) in [7, 11) is 0. The first-order chi connectivity index (χ1) is 9.95. The molecule has 108 valence electrons. The average Bonchev–Trinajstić information content (AvgIpc) is 2.41. The Hall–Kier alpha value is -2.04. The minimum Gasteiger partial charge on any atom is -0.506 e. The molecule has 0 aliphatic heterocycles. The number of carbonyl (C=O) groups excluding carboxylic acids is 1. The summed E-state index contributed by atoms with van der Waals surface area (Å²) in [6.45, 7) is 1.43. The summed E-state index contributed by atoms with van der Waals surface area (Å²) in [5, 5.41) is 13.1. The third-order valence-corrected chi connectivity index (χ3v) is 3.08. The maximum Gasteiger partial charge on any atom is 0.221 e. The molecule has 2 aromatic carbocycles. The summed E-state index contributed by atoms with van der Waals surface area (Å²) >= 11 is 11.7. The number of amides is 1. The molecule has 2 rings (SSSR count). The van der Waals surface area contributed by atoms with Gasteiger partial charge in [-0.3, -0.25) is 9.79 Å². The number of carbonyl (C=O) groups is 1. The van der Waals surface area contributed by atoms with Gasteiger partial charge in [-0.15, -0.1) is 0 Å². The predicted molar refractivity (Wildman–Crippen MR) is 86.1 cm³/mol. The molecule has 2 aromatic rings. The largest absolute Gasteiger partial charge is 0.506 e. The Bertz CT molecular complexity index is 715. The minimum absolute atomic E-state index is 0.0807. The lowest BCUT2D eigenvalue weighted by Crippen LogP contribution is -2.05. The molecule has 4 nitrogen and oxygen atoms in total. The zero-order valence-corrected chi connectivity index (χ0v) is 12.6. The molecular formula is C15H12Cl2N2O2. The van der Waals surface area contributed by atoms with E-state index in [1.165, 1.54) is 19.2 Å². The zero-order chi connectivity index (χ0) is 15.4. The van der Waals surface area contributed by atoms with Gasteiger partial charge in [0, 0.05) is 29.4 Å². The van der Waals surface area contributed by atoms with Gasteiger partial charge in [0.05, 0.1) is 10.7 Å². The lowest BCUT2D eigenvalue weighted by Gasteiger charge is -2.04. The number of nitrogens with zero attached hydrogens (tertiary/aromatic N) is 1. The fraction of sp³-hybridized carbons (Fsp3) is 0.0667. The van der Waals surface area contributed by atoms with Gasteiger partial charge in [-0.1, -0.05) is 29.3 Å². The molecular weight excluding hydrogens is 311 g/mol. The molecule has 0 fully saturated rings. The van der Waals surface area contributed by atoms with Gasteiger partial charge < -0.3 is 10.4 Å². The minimum atomic E-state index is -0.157. The van der Waals surface area contributed by atoms with Crippen molar-refractivity contribution in [1.29, 1.82) is 0 Å². The van der Waals surface area contributed by atoms with Crippen LogP contribution in [0.25, 0.3) is 0 Å². The Kier molecular flexibility index (Phi) is 4.83. The van der Waals surface area contributed by atoms with E-state index < -0.39 is 0 Å². The molecule has 21 heavy (non-hydrogen) atoms. The van der Waals surface area contributed by atoms with Crippen molar-refractivity contribution >= 4 is 46.7 Å². The number of phenolic OH excluding ortho intramolecular Hbond substituents is 1. The van der Waals surface area contributed by atoms with Crippen LogP contribution in [0.1, 0.15) is 12.5 Å². The van der Waals surface area contributed by atoms with Crippen LogP contribution in [0, 0.1) is 0 Å². The van der Waals surface area contributed by atoms with E-state index in [1.807, 2.05) is 0 Å². The van der Waals surface area contributed by atoms with Crippen molar-refractivity contribution in [2.75, 3.05) is 5.32 Å². The van der Waals surface area contributed by atoms with Crippen LogP contribution in [0.4, 0.5) is 11.4 Å². The van der Waals surface area contributed by atoms with Gasteiger partial charge >= 0.3 is 0 Å². The summed E-state index contributed by atoms with van der Waals surface area (Å²) in [5.41, 5.74) is 1.68. The van der Waals surface area contributed by atoms with Gasteiger partial charge in [0.2, 0.25) is 5.91 Å². The topological polar surface area (TPSA) is 61.7 Å².